The molecule has 1 aromatic carbocycles. The van der Waals surface area contributed by atoms with Gasteiger partial charge < -0.3 is 10.1 Å². The zero-order valence-electron chi connectivity index (χ0n) is 9.78. The van der Waals surface area contributed by atoms with Crippen molar-refractivity contribution in [2.75, 3.05) is 7.05 Å². The van der Waals surface area contributed by atoms with Crippen molar-refractivity contribution in [3.8, 4) is 11.6 Å². The summed E-state index contributed by atoms with van der Waals surface area (Å²) in [5.74, 6) is 1.32. The van der Waals surface area contributed by atoms with Crippen molar-refractivity contribution in [3.05, 3.63) is 50.7 Å². The van der Waals surface area contributed by atoms with Gasteiger partial charge in [-0.05, 0) is 53.9 Å². The molecule has 1 N–H and O–H groups in total. The maximum Gasteiger partial charge on any atom is 0.219 e. The van der Waals surface area contributed by atoms with E-state index < -0.39 is 0 Å². The Morgan fingerprint density at radius 1 is 1.33 bits per heavy atom. The van der Waals surface area contributed by atoms with E-state index in [9.17, 15) is 0 Å². The van der Waals surface area contributed by atoms with Crippen LogP contribution in [-0.2, 0) is 6.54 Å². The third kappa shape index (κ3) is 3.57. The summed E-state index contributed by atoms with van der Waals surface area (Å²) in [6, 6.07) is 11.4. The van der Waals surface area contributed by atoms with Crippen LogP contribution in [0.15, 0.2) is 36.4 Å². The number of aromatic nitrogens is 1. The van der Waals surface area contributed by atoms with Crippen molar-refractivity contribution in [1.82, 2.24) is 10.3 Å². The highest BCUT2D eigenvalue weighted by atomic mass is 127. The van der Waals surface area contributed by atoms with Gasteiger partial charge in [-0.1, -0.05) is 17.7 Å². The van der Waals surface area contributed by atoms with Crippen LogP contribution in [0, 0.1) is 3.57 Å². The molecule has 0 spiro atoms. The number of rotatable bonds is 4. The van der Waals surface area contributed by atoms with Gasteiger partial charge in [0.05, 0.1) is 10.7 Å². The molecule has 2 rings (SSSR count). The van der Waals surface area contributed by atoms with Crippen LogP contribution >= 0.6 is 34.2 Å². The van der Waals surface area contributed by atoms with Crippen LogP contribution < -0.4 is 10.1 Å². The number of pyridine rings is 1. The summed E-state index contributed by atoms with van der Waals surface area (Å²) < 4.78 is 6.82. The van der Waals surface area contributed by atoms with E-state index in [1.54, 1.807) is 12.1 Å². The number of halogens is 2. The van der Waals surface area contributed by atoms with E-state index >= 15 is 0 Å². The van der Waals surface area contributed by atoms with Crippen molar-refractivity contribution < 1.29 is 4.74 Å². The van der Waals surface area contributed by atoms with Crippen LogP contribution in [0.2, 0.25) is 5.02 Å². The van der Waals surface area contributed by atoms with Crippen LogP contribution in [-0.4, -0.2) is 12.0 Å². The van der Waals surface area contributed by atoms with Crippen molar-refractivity contribution >= 4 is 34.2 Å². The summed E-state index contributed by atoms with van der Waals surface area (Å²) in [5.41, 5.74) is 0.780. The molecule has 94 valence electrons. The SMILES string of the molecule is CNCc1nc(Oc2cccc(I)c2)ccc1Cl. The Hall–Kier alpha value is -0.850. The second-order valence-electron chi connectivity index (χ2n) is 3.67. The monoisotopic (exact) mass is 374 g/mol. The molecule has 0 amide bonds. The predicted octanol–water partition coefficient (Wildman–Crippen LogP) is 3.85. The van der Waals surface area contributed by atoms with Gasteiger partial charge >= 0.3 is 0 Å². The third-order valence-electron chi connectivity index (χ3n) is 2.26. The van der Waals surface area contributed by atoms with Gasteiger partial charge in [0.1, 0.15) is 5.75 Å². The van der Waals surface area contributed by atoms with Gasteiger partial charge in [0.25, 0.3) is 0 Å². The van der Waals surface area contributed by atoms with Crippen molar-refractivity contribution in [2.24, 2.45) is 0 Å². The highest BCUT2D eigenvalue weighted by molar-refractivity contribution is 14.1. The molecule has 3 nitrogen and oxygen atoms in total. The molecule has 1 heterocycles. The molecule has 0 aliphatic carbocycles. The van der Waals surface area contributed by atoms with Crippen molar-refractivity contribution in [2.45, 2.75) is 6.54 Å². The highest BCUT2D eigenvalue weighted by Gasteiger charge is 2.05. The summed E-state index contributed by atoms with van der Waals surface area (Å²) in [6.07, 6.45) is 0. The number of benzene rings is 1. The normalized spacial score (nSPS) is 10.4. The molecule has 5 heteroatoms. The van der Waals surface area contributed by atoms with E-state index in [4.69, 9.17) is 16.3 Å². The van der Waals surface area contributed by atoms with Crippen LogP contribution in [0.3, 0.4) is 0 Å². The van der Waals surface area contributed by atoms with E-state index in [2.05, 4.69) is 32.9 Å². The van der Waals surface area contributed by atoms with E-state index in [1.807, 2.05) is 31.3 Å². The van der Waals surface area contributed by atoms with Gasteiger partial charge in [-0.3, -0.25) is 0 Å². The van der Waals surface area contributed by atoms with Crippen LogP contribution in [0.25, 0.3) is 0 Å². The fourth-order valence-corrected chi connectivity index (χ4v) is 2.15. The van der Waals surface area contributed by atoms with E-state index in [0.717, 1.165) is 15.0 Å². The molecule has 1 aromatic heterocycles. The van der Waals surface area contributed by atoms with Crippen molar-refractivity contribution in [1.29, 1.82) is 0 Å². The summed E-state index contributed by atoms with van der Waals surface area (Å²) in [6.45, 7) is 0.613. The van der Waals surface area contributed by atoms with Crippen LogP contribution in [0.1, 0.15) is 5.69 Å². The molecule has 0 fully saturated rings. The average Bonchev–Trinajstić information content (AvgIpc) is 2.34. The lowest BCUT2D eigenvalue weighted by atomic mass is 10.3. The molecule has 18 heavy (non-hydrogen) atoms. The number of nitrogens with one attached hydrogen (secondary N) is 1. The maximum absolute atomic E-state index is 6.04. The number of ether oxygens (including phenoxy) is 1. The zero-order chi connectivity index (χ0) is 13.0. The predicted molar refractivity (Wildman–Crippen MR) is 81.2 cm³/mol. The second kappa shape index (κ2) is 6.36. The van der Waals surface area contributed by atoms with Gasteiger partial charge in [-0.2, -0.15) is 0 Å². The molecular weight excluding hydrogens is 363 g/mol. The highest BCUT2D eigenvalue weighted by Crippen LogP contribution is 2.24. The minimum Gasteiger partial charge on any atom is -0.439 e. The largest absolute Gasteiger partial charge is 0.439 e. The van der Waals surface area contributed by atoms with E-state index in [1.165, 1.54) is 0 Å². The van der Waals surface area contributed by atoms with Crippen molar-refractivity contribution in [3.63, 3.8) is 0 Å². The van der Waals surface area contributed by atoms with Crippen LogP contribution in [0.4, 0.5) is 0 Å². The third-order valence-corrected chi connectivity index (χ3v) is 3.27. The summed E-state index contributed by atoms with van der Waals surface area (Å²) >= 11 is 8.29. The second-order valence-corrected chi connectivity index (χ2v) is 5.32. The van der Waals surface area contributed by atoms with Gasteiger partial charge in [-0.25, -0.2) is 4.98 Å². The van der Waals surface area contributed by atoms with Crippen LogP contribution in [0.5, 0.6) is 11.6 Å². The molecule has 0 atom stereocenters. The van der Waals surface area contributed by atoms with E-state index in [-0.39, 0.29) is 0 Å². The number of hydrogen-bond donors (Lipinski definition) is 1. The van der Waals surface area contributed by atoms with Gasteiger partial charge in [0, 0.05) is 16.2 Å². The Morgan fingerprint density at radius 3 is 2.89 bits per heavy atom. The maximum atomic E-state index is 6.04. The Bertz CT molecular complexity index is 548. The zero-order valence-corrected chi connectivity index (χ0v) is 12.7. The molecule has 0 aliphatic rings. The number of nitrogens with zero attached hydrogens (tertiary/aromatic N) is 1. The summed E-state index contributed by atoms with van der Waals surface area (Å²) in [7, 11) is 1.85. The first-order valence-corrected chi connectivity index (χ1v) is 6.88. The molecule has 0 aliphatic heterocycles. The Morgan fingerprint density at radius 2 is 2.17 bits per heavy atom. The lowest BCUT2D eigenvalue weighted by Crippen LogP contribution is -2.07. The average molecular weight is 375 g/mol. The molecule has 0 bridgehead atoms. The minimum absolute atomic E-state index is 0.548. The fourth-order valence-electron chi connectivity index (χ4n) is 1.46. The van der Waals surface area contributed by atoms with Gasteiger partial charge in [0.15, 0.2) is 0 Å². The Labute approximate surface area is 125 Å². The Balaban J connectivity index is 2.21. The Kier molecular flexibility index (Phi) is 4.79. The van der Waals surface area contributed by atoms with E-state index in [0.29, 0.717) is 17.4 Å². The fraction of sp³-hybridized carbons (Fsp3) is 0.154. The molecule has 0 saturated carbocycles. The first-order valence-electron chi connectivity index (χ1n) is 5.42. The first-order chi connectivity index (χ1) is 8.69. The molecule has 0 saturated heterocycles. The first kappa shape index (κ1) is 13.6. The van der Waals surface area contributed by atoms with Gasteiger partial charge in [0.2, 0.25) is 5.88 Å². The standard InChI is InChI=1S/C13H12ClIN2O/c1-16-8-12-11(14)5-6-13(17-12)18-10-4-2-3-9(15)7-10/h2-7,16H,8H2,1H3. The quantitative estimate of drug-likeness (QED) is 0.826. The molecule has 0 radical (unpaired) electrons. The van der Waals surface area contributed by atoms with Gasteiger partial charge in [-0.15, -0.1) is 0 Å². The smallest absolute Gasteiger partial charge is 0.219 e. The topological polar surface area (TPSA) is 34.2 Å². The summed E-state index contributed by atoms with van der Waals surface area (Å²) in [5, 5.41) is 3.66. The minimum atomic E-state index is 0.548. The lowest BCUT2D eigenvalue weighted by molar-refractivity contribution is 0.460. The summed E-state index contributed by atoms with van der Waals surface area (Å²) in [4.78, 5) is 4.37. The molecular formula is C13H12ClIN2O. The number of hydrogen-bond acceptors (Lipinski definition) is 3. The molecule has 0 unspecified atom stereocenters. The lowest BCUT2D eigenvalue weighted by Gasteiger charge is -2.08. The molecule has 2 aromatic rings.